The molecule has 88 valence electrons. The molecule has 8 heteroatoms. The zero-order valence-electron chi connectivity index (χ0n) is 8.95. The molecule has 0 aliphatic carbocycles. The highest BCUT2D eigenvalue weighted by molar-refractivity contribution is 5.68. The van der Waals surface area contributed by atoms with Gasteiger partial charge in [-0.05, 0) is 12.0 Å². The van der Waals surface area contributed by atoms with E-state index in [9.17, 15) is 14.9 Å². The van der Waals surface area contributed by atoms with Gasteiger partial charge in [-0.1, -0.05) is 5.10 Å². The molecule has 0 saturated heterocycles. The van der Waals surface area contributed by atoms with Gasteiger partial charge in [0.1, 0.15) is 12.7 Å². The highest BCUT2D eigenvalue weighted by Crippen LogP contribution is 2.12. The molecule has 0 aliphatic rings. The van der Waals surface area contributed by atoms with Gasteiger partial charge in [-0.25, -0.2) is 0 Å². The van der Waals surface area contributed by atoms with Gasteiger partial charge < -0.3 is 15.2 Å². The van der Waals surface area contributed by atoms with Crippen LogP contribution in [0.3, 0.4) is 0 Å². The third-order valence-corrected chi connectivity index (χ3v) is 1.93. The quantitative estimate of drug-likeness (QED) is 0.555. The van der Waals surface area contributed by atoms with E-state index in [1.54, 1.807) is 7.05 Å². The van der Waals surface area contributed by atoms with Crippen molar-refractivity contribution in [1.82, 2.24) is 14.7 Å². The van der Waals surface area contributed by atoms with Crippen LogP contribution in [-0.4, -0.2) is 44.3 Å². The molecule has 0 saturated carbocycles. The standard InChI is InChI=1S/C8H12N4O4/c1-10(5-8(13)14)4-6-3-7(12(15)16)11(2)9-6/h3H,4-5H2,1-2H3,(H,13,14). The predicted molar refractivity (Wildman–Crippen MR) is 53.8 cm³/mol. The van der Waals surface area contributed by atoms with Crippen LogP contribution in [0.15, 0.2) is 6.07 Å². The van der Waals surface area contributed by atoms with Gasteiger partial charge in [-0.2, -0.15) is 0 Å². The van der Waals surface area contributed by atoms with Gasteiger partial charge in [0.2, 0.25) is 0 Å². The van der Waals surface area contributed by atoms with E-state index in [0.29, 0.717) is 5.69 Å². The Bertz CT molecular complexity index is 414. The Labute approximate surface area is 91.2 Å². The van der Waals surface area contributed by atoms with Gasteiger partial charge in [0.15, 0.2) is 0 Å². The molecule has 0 bridgehead atoms. The number of carboxylic acid groups (broad SMARTS) is 1. The number of likely N-dealkylation sites (N-methyl/N-ethyl adjacent to an activating group) is 1. The first kappa shape index (κ1) is 12.1. The Morgan fingerprint density at radius 1 is 1.75 bits per heavy atom. The maximum atomic E-state index is 10.5. The van der Waals surface area contributed by atoms with E-state index in [2.05, 4.69) is 5.10 Å². The Morgan fingerprint density at radius 3 is 2.81 bits per heavy atom. The smallest absolute Gasteiger partial charge is 0.344 e. The van der Waals surface area contributed by atoms with Crippen molar-refractivity contribution in [1.29, 1.82) is 0 Å². The number of aliphatic carboxylic acids is 1. The molecule has 0 radical (unpaired) electrons. The number of aromatic nitrogens is 2. The predicted octanol–water partition coefficient (Wildman–Crippen LogP) is -0.155. The number of carboxylic acids is 1. The summed E-state index contributed by atoms with van der Waals surface area (Å²) < 4.78 is 1.16. The molecular weight excluding hydrogens is 216 g/mol. The molecule has 0 unspecified atom stereocenters. The van der Waals surface area contributed by atoms with Crippen LogP contribution in [0.5, 0.6) is 0 Å². The average molecular weight is 228 g/mol. The van der Waals surface area contributed by atoms with Crippen LogP contribution >= 0.6 is 0 Å². The van der Waals surface area contributed by atoms with E-state index >= 15 is 0 Å². The third-order valence-electron chi connectivity index (χ3n) is 1.93. The third kappa shape index (κ3) is 3.02. The Morgan fingerprint density at radius 2 is 2.38 bits per heavy atom. The minimum atomic E-state index is -0.951. The van der Waals surface area contributed by atoms with Gasteiger partial charge in [0, 0.05) is 6.54 Å². The first-order chi connectivity index (χ1) is 7.40. The van der Waals surface area contributed by atoms with Gasteiger partial charge in [-0.3, -0.25) is 9.69 Å². The van der Waals surface area contributed by atoms with Crippen molar-refractivity contribution in [2.45, 2.75) is 6.54 Å². The van der Waals surface area contributed by atoms with Crippen LogP contribution in [0.4, 0.5) is 5.82 Å². The Kier molecular flexibility index (Phi) is 3.56. The van der Waals surface area contributed by atoms with Crippen molar-refractivity contribution in [3.05, 3.63) is 21.9 Å². The number of nitrogens with zero attached hydrogens (tertiary/aromatic N) is 4. The van der Waals surface area contributed by atoms with Crippen molar-refractivity contribution in [2.75, 3.05) is 13.6 Å². The van der Waals surface area contributed by atoms with E-state index in [-0.39, 0.29) is 18.9 Å². The van der Waals surface area contributed by atoms with Gasteiger partial charge in [-0.15, -0.1) is 4.68 Å². The average Bonchev–Trinajstić information content (AvgIpc) is 2.44. The highest BCUT2D eigenvalue weighted by atomic mass is 16.6. The van der Waals surface area contributed by atoms with Crippen LogP contribution in [0.2, 0.25) is 0 Å². The summed E-state index contributed by atoms with van der Waals surface area (Å²) in [5.74, 6) is -1.06. The van der Waals surface area contributed by atoms with Crippen molar-refractivity contribution in [2.24, 2.45) is 7.05 Å². The van der Waals surface area contributed by atoms with Gasteiger partial charge in [0.05, 0.1) is 12.6 Å². The minimum absolute atomic E-state index is 0.112. The van der Waals surface area contributed by atoms with Crippen LogP contribution in [0.25, 0.3) is 0 Å². The summed E-state index contributed by atoms with van der Waals surface area (Å²) >= 11 is 0. The van der Waals surface area contributed by atoms with E-state index in [0.717, 1.165) is 4.68 Å². The second kappa shape index (κ2) is 4.71. The maximum Gasteiger partial charge on any atom is 0.344 e. The van der Waals surface area contributed by atoms with E-state index < -0.39 is 10.9 Å². The molecule has 0 atom stereocenters. The van der Waals surface area contributed by atoms with Crippen molar-refractivity contribution >= 4 is 11.8 Å². The zero-order valence-corrected chi connectivity index (χ0v) is 8.95. The maximum absolute atomic E-state index is 10.5. The van der Waals surface area contributed by atoms with Crippen LogP contribution in [0, 0.1) is 10.1 Å². The summed E-state index contributed by atoms with van der Waals surface area (Å²) in [7, 11) is 3.08. The molecule has 0 amide bonds. The lowest BCUT2D eigenvalue weighted by Crippen LogP contribution is -2.25. The lowest BCUT2D eigenvalue weighted by atomic mass is 10.4. The lowest BCUT2D eigenvalue weighted by molar-refractivity contribution is -0.392. The molecule has 1 aromatic rings. The number of rotatable bonds is 5. The molecule has 1 N–H and O–H groups in total. The zero-order chi connectivity index (χ0) is 12.3. The second-order valence-electron chi connectivity index (χ2n) is 3.44. The molecule has 0 fully saturated rings. The largest absolute Gasteiger partial charge is 0.480 e. The van der Waals surface area contributed by atoms with Crippen molar-refractivity contribution < 1.29 is 14.8 Å². The second-order valence-corrected chi connectivity index (χ2v) is 3.44. The summed E-state index contributed by atoms with van der Waals surface area (Å²) in [5.41, 5.74) is 0.470. The van der Waals surface area contributed by atoms with Crippen molar-refractivity contribution in [3.63, 3.8) is 0 Å². The SMILES string of the molecule is CN(CC(=O)O)Cc1cc([N+](=O)[O-])n(C)n1. The number of nitro groups is 1. The van der Waals surface area contributed by atoms with Gasteiger partial charge >= 0.3 is 11.8 Å². The normalized spacial score (nSPS) is 10.7. The number of aryl methyl sites for hydroxylation is 1. The molecular formula is C8H12N4O4. The van der Waals surface area contributed by atoms with Crippen LogP contribution in [-0.2, 0) is 18.4 Å². The fourth-order valence-electron chi connectivity index (χ4n) is 1.33. The topological polar surface area (TPSA) is 102 Å². The number of hydrogen-bond acceptors (Lipinski definition) is 5. The number of carbonyl (C=O) groups is 1. The highest BCUT2D eigenvalue weighted by Gasteiger charge is 2.16. The molecule has 8 nitrogen and oxygen atoms in total. The summed E-state index contributed by atoms with van der Waals surface area (Å²) in [6.07, 6.45) is 0. The molecule has 16 heavy (non-hydrogen) atoms. The molecule has 1 heterocycles. The molecule has 1 rings (SSSR count). The summed E-state index contributed by atoms with van der Waals surface area (Å²) in [5, 5.41) is 23.0. The molecule has 1 aromatic heterocycles. The first-order valence-corrected chi connectivity index (χ1v) is 4.48. The van der Waals surface area contributed by atoms with E-state index in [1.165, 1.54) is 18.0 Å². The fourth-order valence-corrected chi connectivity index (χ4v) is 1.33. The monoisotopic (exact) mass is 228 g/mol. The summed E-state index contributed by atoms with van der Waals surface area (Å²) in [6, 6.07) is 1.33. The van der Waals surface area contributed by atoms with Crippen LogP contribution < -0.4 is 0 Å². The fraction of sp³-hybridized carbons (Fsp3) is 0.500. The first-order valence-electron chi connectivity index (χ1n) is 4.48. The summed E-state index contributed by atoms with van der Waals surface area (Å²) in [6.45, 7) is 0.123. The number of hydrogen-bond donors (Lipinski definition) is 1. The van der Waals surface area contributed by atoms with Crippen molar-refractivity contribution in [3.8, 4) is 0 Å². The lowest BCUT2D eigenvalue weighted by Gasteiger charge is -2.10. The molecule has 0 aliphatic heterocycles. The molecule has 0 spiro atoms. The van der Waals surface area contributed by atoms with Gasteiger partial charge in [0.25, 0.3) is 0 Å². The Balaban J connectivity index is 2.71. The molecule has 0 aromatic carbocycles. The van der Waals surface area contributed by atoms with Crippen LogP contribution in [0.1, 0.15) is 5.69 Å². The van der Waals surface area contributed by atoms with E-state index in [1.807, 2.05) is 0 Å². The van der Waals surface area contributed by atoms with E-state index in [4.69, 9.17) is 5.11 Å². The minimum Gasteiger partial charge on any atom is -0.480 e. The Hall–Kier alpha value is -1.96. The summed E-state index contributed by atoms with van der Waals surface area (Å²) in [4.78, 5) is 21.9.